The number of amides is 3. The molecular weight excluding hydrogens is 316 g/mol. The number of aryl methyl sites for hydroxylation is 1. The van der Waals surface area contributed by atoms with E-state index in [2.05, 4.69) is 16.7 Å². The number of hydrogen-bond acceptors (Lipinski definition) is 2. The van der Waals surface area contributed by atoms with E-state index in [0.29, 0.717) is 12.2 Å². The average molecular weight is 336 g/mol. The lowest BCUT2D eigenvalue weighted by molar-refractivity contribution is -0.121. The van der Waals surface area contributed by atoms with Crippen molar-refractivity contribution in [3.8, 4) is 0 Å². The van der Waals surface area contributed by atoms with Gasteiger partial charge in [0.2, 0.25) is 5.91 Å². The Balaban J connectivity index is 1.64. The van der Waals surface area contributed by atoms with Gasteiger partial charge in [0, 0.05) is 29.3 Å². The summed E-state index contributed by atoms with van der Waals surface area (Å²) in [7, 11) is 0. The van der Waals surface area contributed by atoms with Crippen molar-refractivity contribution in [1.29, 1.82) is 0 Å². The highest BCUT2D eigenvalue weighted by molar-refractivity contribution is 5.88. The van der Waals surface area contributed by atoms with Gasteiger partial charge in [0.15, 0.2) is 0 Å². The SMILES string of the molecule is Cc1cn(CC(=O)NCc2cccc(NC(N)=O)c2)c2ccccc12. The molecule has 0 unspecified atom stereocenters. The molecule has 0 saturated carbocycles. The standard InChI is InChI=1S/C19H20N4O2/c1-13-11-23(17-8-3-2-7-16(13)17)12-18(24)21-10-14-5-4-6-15(9-14)22-19(20)25/h2-9,11H,10,12H2,1H3,(H,21,24)(H3,20,22,25). The molecule has 0 spiro atoms. The first-order valence-electron chi connectivity index (χ1n) is 7.99. The smallest absolute Gasteiger partial charge is 0.316 e. The van der Waals surface area contributed by atoms with Crippen molar-refractivity contribution >= 4 is 28.5 Å². The minimum Gasteiger partial charge on any atom is -0.351 e. The number of urea groups is 1. The van der Waals surface area contributed by atoms with E-state index in [9.17, 15) is 9.59 Å². The highest BCUT2D eigenvalue weighted by atomic mass is 16.2. The third kappa shape index (κ3) is 3.98. The predicted octanol–water partition coefficient (Wildman–Crippen LogP) is 2.76. The van der Waals surface area contributed by atoms with Crippen molar-refractivity contribution in [2.75, 3.05) is 5.32 Å². The molecule has 0 aliphatic rings. The number of para-hydroxylation sites is 1. The molecule has 128 valence electrons. The monoisotopic (exact) mass is 336 g/mol. The van der Waals surface area contributed by atoms with Crippen molar-refractivity contribution in [3.63, 3.8) is 0 Å². The van der Waals surface area contributed by atoms with Crippen LogP contribution in [0.3, 0.4) is 0 Å². The number of nitrogens with zero attached hydrogens (tertiary/aromatic N) is 1. The Bertz CT molecular complexity index is 930. The summed E-state index contributed by atoms with van der Waals surface area (Å²) in [4.78, 5) is 23.2. The van der Waals surface area contributed by atoms with Crippen LogP contribution in [0.5, 0.6) is 0 Å². The first-order chi connectivity index (χ1) is 12.0. The number of fused-ring (bicyclic) bond motifs is 1. The quantitative estimate of drug-likeness (QED) is 0.669. The Hall–Kier alpha value is -3.28. The Morgan fingerprint density at radius 3 is 2.72 bits per heavy atom. The maximum absolute atomic E-state index is 12.3. The Morgan fingerprint density at radius 1 is 1.12 bits per heavy atom. The van der Waals surface area contributed by atoms with Gasteiger partial charge >= 0.3 is 6.03 Å². The molecule has 4 N–H and O–H groups in total. The summed E-state index contributed by atoms with van der Waals surface area (Å²) in [6, 6.07) is 14.6. The van der Waals surface area contributed by atoms with Crippen LogP contribution in [0, 0.1) is 6.92 Å². The second-order valence-electron chi connectivity index (χ2n) is 5.92. The Kier molecular flexibility index (Phi) is 4.70. The zero-order valence-electron chi connectivity index (χ0n) is 14.0. The first-order valence-corrected chi connectivity index (χ1v) is 7.99. The van der Waals surface area contributed by atoms with Crippen LogP contribution in [-0.2, 0) is 17.9 Å². The normalized spacial score (nSPS) is 10.6. The van der Waals surface area contributed by atoms with Crippen LogP contribution in [0.4, 0.5) is 10.5 Å². The minimum atomic E-state index is -0.615. The summed E-state index contributed by atoms with van der Waals surface area (Å²) >= 11 is 0. The number of anilines is 1. The Labute approximate surface area is 145 Å². The molecule has 0 fully saturated rings. The number of nitrogens with one attached hydrogen (secondary N) is 2. The molecule has 0 saturated heterocycles. The number of hydrogen-bond donors (Lipinski definition) is 3. The molecule has 0 bridgehead atoms. The molecule has 6 heteroatoms. The van der Waals surface area contributed by atoms with Gasteiger partial charge in [-0.25, -0.2) is 4.79 Å². The molecule has 0 radical (unpaired) electrons. The molecule has 1 aromatic heterocycles. The summed E-state index contributed by atoms with van der Waals surface area (Å²) in [6.07, 6.45) is 1.99. The molecule has 25 heavy (non-hydrogen) atoms. The largest absolute Gasteiger partial charge is 0.351 e. The van der Waals surface area contributed by atoms with Gasteiger partial charge in [-0.05, 0) is 36.2 Å². The second kappa shape index (κ2) is 7.09. The van der Waals surface area contributed by atoms with E-state index in [1.807, 2.05) is 42.0 Å². The molecule has 0 aliphatic heterocycles. The van der Waals surface area contributed by atoms with Crippen molar-refractivity contribution < 1.29 is 9.59 Å². The number of carbonyl (C=O) groups is 2. The van der Waals surface area contributed by atoms with Crippen LogP contribution in [0.2, 0.25) is 0 Å². The fraction of sp³-hybridized carbons (Fsp3) is 0.158. The van der Waals surface area contributed by atoms with Gasteiger partial charge in [0.25, 0.3) is 0 Å². The first kappa shape index (κ1) is 16.6. The van der Waals surface area contributed by atoms with E-state index in [1.54, 1.807) is 18.2 Å². The summed E-state index contributed by atoms with van der Waals surface area (Å²) in [6.45, 7) is 2.67. The Morgan fingerprint density at radius 2 is 1.92 bits per heavy atom. The maximum atomic E-state index is 12.3. The van der Waals surface area contributed by atoms with Gasteiger partial charge in [0.1, 0.15) is 6.54 Å². The molecule has 0 atom stereocenters. The molecule has 0 aliphatic carbocycles. The molecule has 6 nitrogen and oxygen atoms in total. The van der Waals surface area contributed by atoms with Crippen molar-refractivity contribution in [2.24, 2.45) is 5.73 Å². The molecule has 2 aromatic carbocycles. The average Bonchev–Trinajstić information content (AvgIpc) is 2.89. The highest BCUT2D eigenvalue weighted by Gasteiger charge is 2.08. The number of nitrogens with two attached hydrogens (primary N) is 1. The lowest BCUT2D eigenvalue weighted by Gasteiger charge is -2.09. The molecule has 3 amide bonds. The van der Waals surface area contributed by atoms with Crippen molar-refractivity contribution in [2.45, 2.75) is 20.0 Å². The fourth-order valence-electron chi connectivity index (χ4n) is 2.87. The maximum Gasteiger partial charge on any atom is 0.316 e. The fourth-order valence-corrected chi connectivity index (χ4v) is 2.87. The van der Waals surface area contributed by atoms with E-state index >= 15 is 0 Å². The summed E-state index contributed by atoms with van der Waals surface area (Å²) in [5, 5.41) is 6.57. The van der Waals surface area contributed by atoms with Gasteiger partial charge in [0.05, 0.1) is 0 Å². The molecule has 3 aromatic rings. The number of rotatable bonds is 5. The topological polar surface area (TPSA) is 89.2 Å². The third-order valence-corrected chi connectivity index (χ3v) is 3.99. The second-order valence-corrected chi connectivity index (χ2v) is 5.92. The third-order valence-electron chi connectivity index (χ3n) is 3.99. The molecular formula is C19H20N4O2. The van der Waals surface area contributed by atoms with E-state index < -0.39 is 6.03 Å². The van der Waals surface area contributed by atoms with E-state index in [4.69, 9.17) is 5.73 Å². The molecule has 3 rings (SSSR count). The van der Waals surface area contributed by atoms with Gasteiger partial charge in [-0.2, -0.15) is 0 Å². The van der Waals surface area contributed by atoms with Crippen LogP contribution in [0.15, 0.2) is 54.7 Å². The van der Waals surface area contributed by atoms with Crippen LogP contribution >= 0.6 is 0 Å². The van der Waals surface area contributed by atoms with Crippen LogP contribution < -0.4 is 16.4 Å². The predicted molar refractivity (Wildman–Crippen MR) is 98.2 cm³/mol. The van der Waals surface area contributed by atoms with Gasteiger partial charge in [-0.3, -0.25) is 4.79 Å². The van der Waals surface area contributed by atoms with Crippen LogP contribution in [-0.4, -0.2) is 16.5 Å². The molecule has 1 heterocycles. The minimum absolute atomic E-state index is 0.0750. The summed E-state index contributed by atoms with van der Waals surface area (Å²) in [5.41, 5.74) is 8.78. The van der Waals surface area contributed by atoms with Gasteiger partial charge in [-0.1, -0.05) is 30.3 Å². The van der Waals surface area contributed by atoms with Crippen LogP contribution in [0.25, 0.3) is 10.9 Å². The van der Waals surface area contributed by atoms with E-state index in [-0.39, 0.29) is 12.5 Å². The van der Waals surface area contributed by atoms with E-state index in [0.717, 1.165) is 22.0 Å². The van der Waals surface area contributed by atoms with Gasteiger partial charge < -0.3 is 20.9 Å². The van der Waals surface area contributed by atoms with Gasteiger partial charge in [-0.15, -0.1) is 0 Å². The van der Waals surface area contributed by atoms with E-state index in [1.165, 1.54) is 0 Å². The number of primary amides is 1. The zero-order chi connectivity index (χ0) is 17.8. The lowest BCUT2D eigenvalue weighted by Crippen LogP contribution is -2.27. The van der Waals surface area contributed by atoms with Crippen LogP contribution in [0.1, 0.15) is 11.1 Å². The zero-order valence-corrected chi connectivity index (χ0v) is 14.0. The number of benzene rings is 2. The lowest BCUT2D eigenvalue weighted by atomic mass is 10.2. The number of carbonyl (C=O) groups excluding carboxylic acids is 2. The highest BCUT2D eigenvalue weighted by Crippen LogP contribution is 2.20. The van der Waals surface area contributed by atoms with Crippen molar-refractivity contribution in [1.82, 2.24) is 9.88 Å². The van der Waals surface area contributed by atoms with Crippen molar-refractivity contribution in [3.05, 3.63) is 65.9 Å². The summed E-state index contributed by atoms with van der Waals surface area (Å²) < 4.78 is 1.95. The number of aromatic nitrogens is 1. The summed E-state index contributed by atoms with van der Waals surface area (Å²) in [5.74, 6) is -0.0750.